The van der Waals surface area contributed by atoms with Crippen LogP contribution >= 0.6 is 11.6 Å². The second-order valence-electron chi connectivity index (χ2n) is 4.32. The lowest BCUT2D eigenvalue weighted by Gasteiger charge is -2.16. The average Bonchev–Trinajstić information content (AvgIpc) is 2.25. The molecule has 1 unspecified atom stereocenters. The Morgan fingerprint density at radius 1 is 1.38 bits per heavy atom. The molecule has 0 spiro atoms. The Labute approximate surface area is 102 Å². The molecule has 1 aromatic rings. The molecule has 0 aliphatic rings. The van der Waals surface area contributed by atoms with E-state index in [9.17, 15) is 5.11 Å². The lowest BCUT2D eigenvalue weighted by Crippen LogP contribution is -2.19. The van der Waals surface area contributed by atoms with Gasteiger partial charge in [0, 0.05) is 0 Å². The van der Waals surface area contributed by atoms with Gasteiger partial charge in [0.05, 0.1) is 5.88 Å². The molecule has 1 rings (SSSR count). The SMILES string of the molecule is Cc1ccc(C(C)C)c(OCC(O)CCl)c1. The van der Waals surface area contributed by atoms with Crippen LogP contribution in [0.25, 0.3) is 0 Å². The lowest BCUT2D eigenvalue weighted by molar-refractivity contribution is 0.124. The molecule has 3 heteroatoms. The molecule has 0 heterocycles. The number of hydrogen-bond donors (Lipinski definition) is 1. The molecule has 0 saturated heterocycles. The smallest absolute Gasteiger partial charge is 0.123 e. The van der Waals surface area contributed by atoms with Crippen LogP contribution in [0.3, 0.4) is 0 Å². The van der Waals surface area contributed by atoms with E-state index in [1.165, 1.54) is 0 Å². The highest BCUT2D eigenvalue weighted by atomic mass is 35.5. The quantitative estimate of drug-likeness (QED) is 0.804. The zero-order chi connectivity index (χ0) is 12.1. The zero-order valence-electron chi connectivity index (χ0n) is 10.0. The Morgan fingerprint density at radius 2 is 2.06 bits per heavy atom. The van der Waals surface area contributed by atoms with E-state index in [4.69, 9.17) is 16.3 Å². The van der Waals surface area contributed by atoms with Crippen LogP contribution in [0.15, 0.2) is 18.2 Å². The molecule has 16 heavy (non-hydrogen) atoms. The second-order valence-corrected chi connectivity index (χ2v) is 4.62. The van der Waals surface area contributed by atoms with Crippen molar-refractivity contribution in [2.45, 2.75) is 32.8 Å². The van der Waals surface area contributed by atoms with Crippen molar-refractivity contribution in [3.8, 4) is 5.75 Å². The first kappa shape index (κ1) is 13.3. The first-order chi connectivity index (χ1) is 7.54. The third kappa shape index (κ3) is 3.69. The summed E-state index contributed by atoms with van der Waals surface area (Å²) in [5.74, 6) is 1.45. The molecule has 1 aromatic carbocycles. The lowest BCUT2D eigenvalue weighted by atomic mass is 10.0. The van der Waals surface area contributed by atoms with Crippen LogP contribution in [-0.4, -0.2) is 23.7 Å². The number of aliphatic hydroxyl groups excluding tert-OH is 1. The van der Waals surface area contributed by atoms with Crippen molar-refractivity contribution < 1.29 is 9.84 Å². The third-order valence-corrected chi connectivity index (χ3v) is 2.76. The van der Waals surface area contributed by atoms with Crippen LogP contribution in [0.5, 0.6) is 5.75 Å². The molecule has 2 nitrogen and oxygen atoms in total. The van der Waals surface area contributed by atoms with Crippen molar-refractivity contribution in [1.82, 2.24) is 0 Å². The highest BCUT2D eigenvalue weighted by Gasteiger charge is 2.10. The number of benzene rings is 1. The van der Waals surface area contributed by atoms with E-state index in [2.05, 4.69) is 26.0 Å². The molecule has 1 N–H and O–H groups in total. The molecule has 0 bridgehead atoms. The molecule has 90 valence electrons. The maximum Gasteiger partial charge on any atom is 0.123 e. The van der Waals surface area contributed by atoms with Crippen LogP contribution in [0.1, 0.15) is 30.9 Å². The molecule has 0 aliphatic heterocycles. The van der Waals surface area contributed by atoms with Crippen LogP contribution in [0, 0.1) is 6.92 Å². The Kier molecular flexibility index (Phi) is 5.10. The predicted molar refractivity (Wildman–Crippen MR) is 67.5 cm³/mol. The summed E-state index contributed by atoms with van der Waals surface area (Å²) in [6, 6.07) is 6.14. The van der Waals surface area contributed by atoms with Gasteiger partial charge in [0.15, 0.2) is 0 Å². The average molecular weight is 243 g/mol. The number of halogens is 1. The van der Waals surface area contributed by atoms with Crippen molar-refractivity contribution in [3.63, 3.8) is 0 Å². The van der Waals surface area contributed by atoms with Gasteiger partial charge in [0.1, 0.15) is 18.5 Å². The number of hydrogen-bond acceptors (Lipinski definition) is 2. The Hall–Kier alpha value is -0.730. The monoisotopic (exact) mass is 242 g/mol. The second kappa shape index (κ2) is 6.12. The van der Waals surface area contributed by atoms with Crippen molar-refractivity contribution in [2.75, 3.05) is 12.5 Å². The van der Waals surface area contributed by atoms with E-state index in [0.29, 0.717) is 5.92 Å². The molecule has 0 amide bonds. The van der Waals surface area contributed by atoms with E-state index in [1.54, 1.807) is 0 Å². The van der Waals surface area contributed by atoms with E-state index in [0.717, 1.165) is 16.9 Å². The summed E-state index contributed by atoms with van der Waals surface area (Å²) in [4.78, 5) is 0. The van der Waals surface area contributed by atoms with Gasteiger partial charge in [-0.05, 0) is 30.0 Å². The van der Waals surface area contributed by atoms with Crippen LogP contribution < -0.4 is 4.74 Å². The maximum absolute atomic E-state index is 9.36. The van der Waals surface area contributed by atoms with Gasteiger partial charge in [0.25, 0.3) is 0 Å². The van der Waals surface area contributed by atoms with E-state index in [-0.39, 0.29) is 12.5 Å². The third-order valence-electron chi connectivity index (χ3n) is 2.40. The molecule has 1 atom stereocenters. The minimum absolute atomic E-state index is 0.197. The molecule has 0 saturated carbocycles. The summed E-state index contributed by atoms with van der Waals surface area (Å²) in [6.07, 6.45) is -0.609. The summed E-state index contributed by atoms with van der Waals surface area (Å²) < 4.78 is 5.60. The van der Waals surface area contributed by atoms with Gasteiger partial charge < -0.3 is 9.84 Å². The van der Waals surface area contributed by atoms with Crippen LogP contribution in [0.4, 0.5) is 0 Å². The molecular formula is C13H19ClO2. The van der Waals surface area contributed by atoms with Crippen molar-refractivity contribution in [3.05, 3.63) is 29.3 Å². The summed E-state index contributed by atoms with van der Waals surface area (Å²) in [7, 11) is 0. The summed E-state index contributed by atoms with van der Waals surface area (Å²) in [5, 5.41) is 9.36. The van der Waals surface area contributed by atoms with Gasteiger partial charge in [-0.2, -0.15) is 0 Å². The normalized spacial score (nSPS) is 12.9. The van der Waals surface area contributed by atoms with Gasteiger partial charge in [-0.15, -0.1) is 11.6 Å². The first-order valence-corrected chi connectivity index (χ1v) is 6.05. The minimum Gasteiger partial charge on any atom is -0.491 e. The van der Waals surface area contributed by atoms with Crippen LogP contribution in [0.2, 0.25) is 0 Å². The maximum atomic E-state index is 9.36. The van der Waals surface area contributed by atoms with E-state index >= 15 is 0 Å². The molecule has 0 fully saturated rings. The Bertz CT molecular complexity index is 337. The standard InChI is InChI=1S/C13H19ClO2/c1-9(2)12-5-4-10(3)6-13(12)16-8-11(15)7-14/h4-6,9,11,15H,7-8H2,1-3H3. The highest BCUT2D eigenvalue weighted by Crippen LogP contribution is 2.27. The first-order valence-electron chi connectivity index (χ1n) is 5.52. The number of alkyl halides is 1. The number of ether oxygens (including phenoxy) is 1. The predicted octanol–water partition coefficient (Wildman–Crippen LogP) is 3.10. The van der Waals surface area contributed by atoms with E-state index < -0.39 is 6.10 Å². The summed E-state index contributed by atoms with van der Waals surface area (Å²) in [6.45, 7) is 6.51. The fourth-order valence-electron chi connectivity index (χ4n) is 1.47. The van der Waals surface area contributed by atoms with Crippen LogP contribution in [-0.2, 0) is 0 Å². The van der Waals surface area contributed by atoms with Gasteiger partial charge in [0.2, 0.25) is 0 Å². The number of rotatable bonds is 5. The van der Waals surface area contributed by atoms with E-state index in [1.807, 2.05) is 13.0 Å². The number of aliphatic hydroxyl groups is 1. The fraction of sp³-hybridized carbons (Fsp3) is 0.538. The largest absolute Gasteiger partial charge is 0.491 e. The Morgan fingerprint density at radius 3 is 2.62 bits per heavy atom. The van der Waals surface area contributed by atoms with Gasteiger partial charge >= 0.3 is 0 Å². The highest BCUT2D eigenvalue weighted by molar-refractivity contribution is 6.18. The summed E-state index contributed by atoms with van der Waals surface area (Å²) >= 11 is 5.52. The van der Waals surface area contributed by atoms with Crippen molar-refractivity contribution in [1.29, 1.82) is 0 Å². The van der Waals surface area contributed by atoms with Gasteiger partial charge in [-0.3, -0.25) is 0 Å². The van der Waals surface area contributed by atoms with Gasteiger partial charge in [-0.25, -0.2) is 0 Å². The van der Waals surface area contributed by atoms with Crippen molar-refractivity contribution in [2.24, 2.45) is 0 Å². The van der Waals surface area contributed by atoms with Gasteiger partial charge in [-0.1, -0.05) is 26.0 Å². The number of aryl methyl sites for hydroxylation is 1. The summed E-state index contributed by atoms with van der Waals surface area (Å²) in [5.41, 5.74) is 2.31. The zero-order valence-corrected chi connectivity index (χ0v) is 10.8. The topological polar surface area (TPSA) is 29.5 Å². The molecule has 0 aliphatic carbocycles. The molecule has 0 radical (unpaired) electrons. The molecular weight excluding hydrogens is 224 g/mol. The Balaban J connectivity index is 2.80. The molecule has 0 aromatic heterocycles. The fourth-order valence-corrected chi connectivity index (χ4v) is 1.56. The minimum atomic E-state index is -0.609. The van der Waals surface area contributed by atoms with Crippen molar-refractivity contribution >= 4 is 11.6 Å².